The van der Waals surface area contributed by atoms with Crippen LogP contribution in [0.3, 0.4) is 0 Å². The molecular weight excluding hydrogens is 246 g/mol. The lowest BCUT2D eigenvalue weighted by molar-refractivity contribution is 0.316. The Morgan fingerprint density at radius 2 is 2.00 bits per heavy atom. The summed E-state index contributed by atoms with van der Waals surface area (Å²) in [5.41, 5.74) is 0. The van der Waals surface area contributed by atoms with Gasteiger partial charge in [0.1, 0.15) is 0 Å². The topological polar surface area (TPSA) is 46.2 Å². The average molecular weight is 275 g/mol. The first-order valence-electron chi connectivity index (χ1n) is 7.50. The average Bonchev–Trinajstić information content (AvgIpc) is 2.68. The second kappa shape index (κ2) is 8.16. The van der Waals surface area contributed by atoms with Crippen LogP contribution in [0.5, 0.6) is 0 Å². The maximum absolute atomic E-state index is 11.6. The standard InChI is InChI=1S/C14H29NO2S/c1-3-5-6-7-13(11-15-9-4-2)14-8-10-18(16,17)12-14/h13-15H,3-12H2,1-2H3. The van der Waals surface area contributed by atoms with Crippen LogP contribution < -0.4 is 5.32 Å². The van der Waals surface area contributed by atoms with E-state index in [2.05, 4.69) is 19.2 Å². The van der Waals surface area contributed by atoms with E-state index in [4.69, 9.17) is 0 Å². The quantitative estimate of drug-likeness (QED) is 0.658. The van der Waals surface area contributed by atoms with Gasteiger partial charge in [-0.3, -0.25) is 0 Å². The number of unbranched alkanes of at least 4 members (excludes halogenated alkanes) is 2. The summed E-state index contributed by atoms with van der Waals surface area (Å²) in [5, 5.41) is 3.47. The molecule has 1 saturated heterocycles. The smallest absolute Gasteiger partial charge is 0.150 e. The van der Waals surface area contributed by atoms with Gasteiger partial charge in [-0.2, -0.15) is 0 Å². The minimum absolute atomic E-state index is 0.399. The van der Waals surface area contributed by atoms with Crippen LogP contribution >= 0.6 is 0 Å². The van der Waals surface area contributed by atoms with Crippen molar-refractivity contribution in [2.45, 2.75) is 52.4 Å². The van der Waals surface area contributed by atoms with Gasteiger partial charge in [0.15, 0.2) is 9.84 Å². The van der Waals surface area contributed by atoms with Crippen molar-refractivity contribution in [3.05, 3.63) is 0 Å². The van der Waals surface area contributed by atoms with E-state index in [1.54, 1.807) is 0 Å². The molecule has 0 aromatic heterocycles. The molecule has 3 nitrogen and oxygen atoms in total. The van der Waals surface area contributed by atoms with Gasteiger partial charge in [-0.1, -0.05) is 33.1 Å². The molecule has 108 valence electrons. The van der Waals surface area contributed by atoms with Crippen molar-refractivity contribution in [3.63, 3.8) is 0 Å². The third-order valence-corrected chi connectivity index (χ3v) is 5.74. The fraction of sp³-hybridized carbons (Fsp3) is 1.00. The summed E-state index contributed by atoms with van der Waals surface area (Å²) in [5.74, 6) is 1.80. The molecule has 0 aliphatic carbocycles. The SMILES string of the molecule is CCCCCC(CNCCC)C1CCS(=O)(=O)C1. The Bertz CT molecular complexity index is 304. The third-order valence-electron chi connectivity index (χ3n) is 3.95. The Kier molecular flexibility index (Phi) is 7.23. The molecule has 1 N–H and O–H groups in total. The van der Waals surface area contributed by atoms with E-state index in [1.165, 1.54) is 25.7 Å². The van der Waals surface area contributed by atoms with Crippen molar-refractivity contribution in [1.82, 2.24) is 5.32 Å². The van der Waals surface area contributed by atoms with Gasteiger partial charge in [-0.15, -0.1) is 0 Å². The zero-order valence-electron chi connectivity index (χ0n) is 12.0. The van der Waals surface area contributed by atoms with Gasteiger partial charge in [0, 0.05) is 0 Å². The van der Waals surface area contributed by atoms with E-state index in [0.29, 0.717) is 23.3 Å². The van der Waals surface area contributed by atoms with Gasteiger partial charge in [-0.05, 0) is 44.2 Å². The molecule has 0 spiro atoms. The lowest BCUT2D eigenvalue weighted by atomic mass is 9.87. The molecular formula is C14H29NO2S. The Hall–Kier alpha value is -0.0900. The minimum atomic E-state index is -2.73. The second-order valence-electron chi connectivity index (χ2n) is 5.62. The van der Waals surface area contributed by atoms with Crippen molar-refractivity contribution < 1.29 is 8.42 Å². The van der Waals surface area contributed by atoms with Crippen LogP contribution in [0.2, 0.25) is 0 Å². The number of rotatable bonds is 9. The van der Waals surface area contributed by atoms with E-state index in [9.17, 15) is 8.42 Å². The Labute approximate surface area is 113 Å². The zero-order chi connectivity index (χ0) is 13.4. The Morgan fingerprint density at radius 1 is 1.22 bits per heavy atom. The fourth-order valence-electron chi connectivity index (χ4n) is 2.82. The summed E-state index contributed by atoms with van der Waals surface area (Å²) in [7, 11) is -2.73. The van der Waals surface area contributed by atoms with Gasteiger partial charge >= 0.3 is 0 Å². The van der Waals surface area contributed by atoms with Gasteiger partial charge in [0.05, 0.1) is 11.5 Å². The highest BCUT2D eigenvalue weighted by Gasteiger charge is 2.32. The van der Waals surface area contributed by atoms with Crippen molar-refractivity contribution in [1.29, 1.82) is 0 Å². The summed E-state index contributed by atoms with van der Waals surface area (Å²) in [6.45, 7) is 6.42. The first-order valence-corrected chi connectivity index (χ1v) is 9.32. The van der Waals surface area contributed by atoms with E-state index in [-0.39, 0.29) is 0 Å². The van der Waals surface area contributed by atoms with Crippen molar-refractivity contribution in [2.24, 2.45) is 11.8 Å². The van der Waals surface area contributed by atoms with E-state index < -0.39 is 9.84 Å². The van der Waals surface area contributed by atoms with Gasteiger partial charge in [0.2, 0.25) is 0 Å². The lowest BCUT2D eigenvalue weighted by Gasteiger charge is -2.23. The normalized spacial score (nSPS) is 24.2. The molecule has 0 bridgehead atoms. The number of sulfone groups is 1. The summed E-state index contributed by atoms with van der Waals surface area (Å²) < 4.78 is 23.2. The first-order chi connectivity index (χ1) is 8.59. The summed E-state index contributed by atoms with van der Waals surface area (Å²) >= 11 is 0. The third kappa shape index (κ3) is 5.70. The van der Waals surface area contributed by atoms with Crippen molar-refractivity contribution >= 4 is 9.84 Å². The molecule has 2 atom stereocenters. The van der Waals surface area contributed by atoms with Gasteiger partial charge in [-0.25, -0.2) is 8.42 Å². The lowest BCUT2D eigenvalue weighted by Crippen LogP contribution is -2.29. The highest BCUT2D eigenvalue weighted by molar-refractivity contribution is 7.91. The van der Waals surface area contributed by atoms with Crippen LogP contribution in [0.15, 0.2) is 0 Å². The molecule has 2 unspecified atom stereocenters. The van der Waals surface area contributed by atoms with Crippen LogP contribution in [0.25, 0.3) is 0 Å². The molecule has 18 heavy (non-hydrogen) atoms. The van der Waals surface area contributed by atoms with Crippen LogP contribution in [-0.4, -0.2) is 33.0 Å². The molecule has 1 aliphatic heterocycles. The molecule has 0 amide bonds. The van der Waals surface area contributed by atoms with E-state index in [1.807, 2.05) is 0 Å². The zero-order valence-corrected chi connectivity index (χ0v) is 12.8. The van der Waals surface area contributed by atoms with Crippen molar-refractivity contribution in [2.75, 3.05) is 24.6 Å². The van der Waals surface area contributed by atoms with Crippen LogP contribution in [0, 0.1) is 11.8 Å². The Morgan fingerprint density at radius 3 is 2.56 bits per heavy atom. The number of nitrogens with one attached hydrogen (secondary N) is 1. The maximum Gasteiger partial charge on any atom is 0.150 e. The molecule has 4 heteroatoms. The minimum Gasteiger partial charge on any atom is -0.316 e. The molecule has 0 radical (unpaired) electrons. The monoisotopic (exact) mass is 275 g/mol. The van der Waals surface area contributed by atoms with E-state index >= 15 is 0 Å². The fourth-order valence-corrected chi connectivity index (χ4v) is 4.74. The largest absolute Gasteiger partial charge is 0.316 e. The predicted octanol–water partition coefficient (Wildman–Crippen LogP) is 2.62. The van der Waals surface area contributed by atoms with E-state index in [0.717, 1.165) is 25.9 Å². The van der Waals surface area contributed by atoms with Gasteiger partial charge < -0.3 is 5.32 Å². The maximum atomic E-state index is 11.6. The van der Waals surface area contributed by atoms with Crippen molar-refractivity contribution in [3.8, 4) is 0 Å². The molecule has 1 aliphatic rings. The molecule has 1 fully saturated rings. The summed E-state index contributed by atoms with van der Waals surface area (Å²) in [6.07, 6.45) is 6.95. The molecule has 1 rings (SSSR count). The van der Waals surface area contributed by atoms with Crippen LogP contribution in [-0.2, 0) is 9.84 Å². The molecule has 0 saturated carbocycles. The highest BCUT2D eigenvalue weighted by atomic mass is 32.2. The van der Waals surface area contributed by atoms with Gasteiger partial charge in [0.25, 0.3) is 0 Å². The first kappa shape index (κ1) is 16.0. The summed E-state index contributed by atoms with van der Waals surface area (Å²) in [6, 6.07) is 0. The molecule has 1 heterocycles. The second-order valence-corrected chi connectivity index (χ2v) is 7.85. The highest BCUT2D eigenvalue weighted by Crippen LogP contribution is 2.29. The molecule has 0 aromatic carbocycles. The van der Waals surface area contributed by atoms with Crippen LogP contribution in [0.1, 0.15) is 52.4 Å². The Balaban J connectivity index is 2.43. The predicted molar refractivity (Wildman–Crippen MR) is 77.6 cm³/mol. The molecule has 0 aromatic rings. The van der Waals surface area contributed by atoms with Crippen LogP contribution in [0.4, 0.5) is 0 Å². The number of hydrogen-bond acceptors (Lipinski definition) is 3. The summed E-state index contributed by atoms with van der Waals surface area (Å²) in [4.78, 5) is 0. The number of hydrogen-bond donors (Lipinski definition) is 1.